The van der Waals surface area contributed by atoms with Gasteiger partial charge in [-0.3, -0.25) is 4.79 Å². The maximum Gasteiger partial charge on any atom is 0.248 e. The number of benzene rings is 2. The molecule has 1 amide bonds. The molecule has 4 aromatic rings. The van der Waals surface area contributed by atoms with Crippen molar-refractivity contribution in [2.24, 2.45) is 0 Å². The first-order valence-electron chi connectivity index (χ1n) is 8.17. The minimum Gasteiger partial charge on any atom is -0.465 e. The summed E-state index contributed by atoms with van der Waals surface area (Å²) in [5, 5.41) is 2.81. The van der Waals surface area contributed by atoms with Crippen molar-refractivity contribution in [2.75, 3.05) is 5.32 Å². The van der Waals surface area contributed by atoms with Crippen LogP contribution in [0.4, 0.5) is 5.69 Å². The summed E-state index contributed by atoms with van der Waals surface area (Å²) in [5.74, 6) is 0.933. The van der Waals surface area contributed by atoms with Crippen LogP contribution in [0.25, 0.3) is 28.6 Å². The fourth-order valence-electron chi connectivity index (χ4n) is 2.63. The quantitative estimate of drug-likeness (QED) is 0.526. The van der Waals surface area contributed by atoms with Gasteiger partial charge in [0.15, 0.2) is 5.58 Å². The number of oxazole rings is 1. The third-order valence-electron chi connectivity index (χ3n) is 3.86. The topological polar surface area (TPSA) is 68.3 Å². The molecule has 0 radical (unpaired) electrons. The zero-order chi connectivity index (χ0) is 17.9. The third-order valence-corrected chi connectivity index (χ3v) is 3.86. The summed E-state index contributed by atoms with van der Waals surface area (Å²) in [7, 11) is 0. The zero-order valence-corrected chi connectivity index (χ0v) is 14.1. The Morgan fingerprint density at radius 1 is 1.12 bits per heavy atom. The van der Waals surface area contributed by atoms with Crippen molar-refractivity contribution >= 4 is 28.8 Å². The van der Waals surface area contributed by atoms with Crippen LogP contribution in [-0.4, -0.2) is 10.9 Å². The SMILES string of the molecule is Cc1cccc(-c2nc3cc(NC(=O)C=Cc4ccco4)ccc3o2)c1. The molecule has 0 aliphatic carbocycles. The van der Waals surface area contributed by atoms with Crippen LogP contribution < -0.4 is 5.32 Å². The predicted octanol–water partition coefficient (Wildman–Crippen LogP) is 5.05. The van der Waals surface area contributed by atoms with E-state index in [4.69, 9.17) is 8.83 Å². The summed E-state index contributed by atoms with van der Waals surface area (Å²) in [5.41, 5.74) is 4.07. The molecule has 2 heterocycles. The fourth-order valence-corrected chi connectivity index (χ4v) is 2.63. The molecule has 128 valence electrons. The lowest BCUT2D eigenvalue weighted by molar-refractivity contribution is -0.111. The van der Waals surface area contributed by atoms with Crippen LogP contribution >= 0.6 is 0 Å². The lowest BCUT2D eigenvalue weighted by Crippen LogP contribution is -2.07. The predicted molar refractivity (Wildman–Crippen MR) is 101 cm³/mol. The standard InChI is InChI=1S/C21H16N2O3/c1-14-4-2-5-15(12-14)21-23-18-13-16(7-9-19(18)26-21)22-20(24)10-8-17-6-3-11-25-17/h2-13H,1H3,(H,22,24). The van der Waals surface area contributed by atoms with Crippen LogP contribution in [0.3, 0.4) is 0 Å². The Bertz CT molecular complexity index is 1090. The van der Waals surface area contributed by atoms with Crippen LogP contribution in [0, 0.1) is 6.92 Å². The average molecular weight is 344 g/mol. The Labute approximate surface area is 150 Å². The van der Waals surface area contributed by atoms with Gasteiger partial charge in [0.1, 0.15) is 11.3 Å². The first-order valence-corrected chi connectivity index (χ1v) is 8.17. The van der Waals surface area contributed by atoms with E-state index < -0.39 is 0 Å². The molecule has 0 bridgehead atoms. The number of amides is 1. The number of aromatic nitrogens is 1. The molecule has 2 aromatic carbocycles. The number of nitrogens with zero attached hydrogens (tertiary/aromatic N) is 1. The number of hydrogen-bond donors (Lipinski definition) is 1. The van der Waals surface area contributed by atoms with Crippen LogP contribution in [-0.2, 0) is 4.79 Å². The van der Waals surface area contributed by atoms with Crippen molar-refractivity contribution in [1.29, 1.82) is 0 Å². The number of nitrogens with one attached hydrogen (secondary N) is 1. The highest BCUT2D eigenvalue weighted by Crippen LogP contribution is 2.26. The molecule has 5 nitrogen and oxygen atoms in total. The largest absolute Gasteiger partial charge is 0.465 e. The Balaban J connectivity index is 1.55. The van der Waals surface area contributed by atoms with Crippen molar-refractivity contribution < 1.29 is 13.6 Å². The maximum atomic E-state index is 12.0. The summed E-state index contributed by atoms with van der Waals surface area (Å²) in [6.45, 7) is 2.02. The summed E-state index contributed by atoms with van der Waals surface area (Å²) >= 11 is 0. The normalized spacial score (nSPS) is 11.3. The van der Waals surface area contributed by atoms with Gasteiger partial charge in [-0.2, -0.15) is 0 Å². The van der Waals surface area contributed by atoms with Gasteiger partial charge < -0.3 is 14.2 Å². The summed E-state index contributed by atoms with van der Waals surface area (Å²) in [6, 6.07) is 16.9. The van der Waals surface area contributed by atoms with Crippen molar-refractivity contribution in [1.82, 2.24) is 4.98 Å². The number of anilines is 1. The highest BCUT2D eigenvalue weighted by Gasteiger charge is 2.09. The van der Waals surface area contributed by atoms with Crippen LogP contribution in [0.2, 0.25) is 0 Å². The van der Waals surface area contributed by atoms with E-state index in [0.29, 0.717) is 28.4 Å². The molecule has 0 atom stereocenters. The Morgan fingerprint density at radius 3 is 2.85 bits per heavy atom. The van der Waals surface area contributed by atoms with Crippen molar-refractivity contribution in [2.45, 2.75) is 6.92 Å². The second-order valence-corrected chi connectivity index (χ2v) is 5.91. The van der Waals surface area contributed by atoms with E-state index in [1.807, 2.05) is 31.2 Å². The Morgan fingerprint density at radius 2 is 2.04 bits per heavy atom. The molecule has 2 aromatic heterocycles. The summed E-state index contributed by atoms with van der Waals surface area (Å²) in [4.78, 5) is 16.6. The van der Waals surface area contributed by atoms with E-state index in [-0.39, 0.29) is 5.91 Å². The van der Waals surface area contributed by atoms with Gasteiger partial charge in [0.25, 0.3) is 0 Å². The molecule has 26 heavy (non-hydrogen) atoms. The van der Waals surface area contributed by atoms with Crippen molar-refractivity contribution in [3.8, 4) is 11.5 Å². The van der Waals surface area contributed by atoms with E-state index in [2.05, 4.69) is 10.3 Å². The van der Waals surface area contributed by atoms with Crippen LogP contribution in [0.1, 0.15) is 11.3 Å². The van der Waals surface area contributed by atoms with Gasteiger partial charge in [0.2, 0.25) is 11.8 Å². The molecule has 1 N–H and O–H groups in total. The molecule has 0 spiro atoms. The molecular weight excluding hydrogens is 328 g/mol. The van der Waals surface area contributed by atoms with Crippen LogP contribution in [0.15, 0.2) is 75.8 Å². The molecule has 0 aliphatic heterocycles. The van der Waals surface area contributed by atoms with Gasteiger partial charge in [-0.05, 0) is 55.5 Å². The van der Waals surface area contributed by atoms with Gasteiger partial charge in [-0.25, -0.2) is 4.98 Å². The molecule has 0 unspecified atom stereocenters. The molecule has 0 aliphatic rings. The lowest BCUT2D eigenvalue weighted by atomic mass is 10.1. The average Bonchev–Trinajstić information content (AvgIpc) is 3.29. The van der Waals surface area contributed by atoms with E-state index in [9.17, 15) is 4.79 Å². The molecule has 0 fully saturated rings. The number of furan rings is 1. The second-order valence-electron chi connectivity index (χ2n) is 5.91. The van der Waals surface area contributed by atoms with E-state index in [1.54, 1.807) is 42.7 Å². The minimum atomic E-state index is -0.247. The molecule has 4 rings (SSSR count). The lowest BCUT2D eigenvalue weighted by Gasteiger charge is -2.00. The number of fused-ring (bicyclic) bond motifs is 1. The number of carbonyl (C=O) groups excluding carboxylic acids is 1. The van der Waals surface area contributed by atoms with E-state index >= 15 is 0 Å². The first-order chi connectivity index (χ1) is 12.7. The third kappa shape index (κ3) is 3.42. The minimum absolute atomic E-state index is 0.247. The van der Waals surface area contributed by atoms with Gasteiger partial charge >= 0.3 is 0 Å². The molecule has 5 heteroatoms. The van der Waals surface area contributed by atoms with E-state index in [1.165, 1.54) is 6.08 Å². The second kappa shape index (κ2) is 6.72. The van der Waals surface area contributed by atoms with Crippen molar-refractivity contribution in [3.63, 3.8) is 0 Å². The first kappa shape index (κ1) is 15.9. The van der Waals surface area contributed by atoms with Gasteiger partial charge in [0, 0.05) is 17.3 Å². The fraction of sp³-hybridized carbons (Fsp3) is 0.0476. The summed E-state index contributed by atoms with van der Waals surface area (Å²) in [6.07, 6.45) is 4.59. The Hall–Kier alpha value is -3.60. The van der Waals surface area contributed by atoms with Gasteiger partial charge in [-0.15, -0.1) is 0 Å². The van der Waals surface area contributed by atoms with E-state index in [0.717, 1.165) is 11.1 Å². The maximum absolute atomic E-state index is 12.0. The summed E-state index contributed by atoms with van der Waals surface area (Å²) < 4.78 is 11.0. The van der Waals surface area contributed by atoms with Gasteiger partial charge in [-0.1, -0.05) is 17.7 Å². The number of aryl methyl sites for hydroxylation is 1. The number of hydrogen-bond acceptors (Lipinski definition) is 4. The molecular formula is C21H16N2O3. The molecule has 0 saturated heterocycles. The number of carbonyl (C=O) groups is 1. The smallest absolute Gasteiger partial charge is 0.248 e. The zero-order valence-electron chi connectivity index (χ0n) is 14.1. The number of rotatable bonds is 4. The Kier molecular flexibility index (Phi) is 4.11. The van der Waals surface area contributed by atoms with Crippen molar-refractivity contribution in [3.05, 3.63) is 78.3 Å². The highest BCUT2D eigenvalue weighted by atomic mass is 16.3. The monoisotopic (exact) mass is 344 g/mol. The molecule has 0 saturated carbocycles. The van der Waals surface area contributed by atoms with Gasteiger partial charge in [0.05, 0.1) is 6.26 Å². The highest BCUT2D eigenvalue weighted by molar-refractivity contribution is 6.02. The van der Waals surface area contributed by atoms with Crippen LogP contribution in [0.5, 0.6) is 0 Å².